The maximum absolute atomic E-state index is 12.7. The van der Waals surface area contributed by atoms with Crippen molar-refractivity contribution in [2.24, 2.45) is 5.92 Å². The van der Waals surface area contributed by atoms with Crippen LogP contribution in [-0.4, -0.2) is 26.6 Å². The standard InChI is InChI=1S/C21H20F3N5O2/c1-12(2)19(30)27-15-5-7-16(8-6-15)28-20(31)17-11-26-29(13(17)3)18-9-4-14(10-25-18)21(22,23)24/h4-12H,1-3H3,(H,27,30)(H,28,31). The van der Waals surface area contributed by atoms with Crippen LogP contribution in [0.3, 0.4) is 0 Å². The van der Waals surface area contributed by atoms with Crippen LogP contribution in [0.15, 0.2) is 48.8 Å². The summed E-state index contributed by atoms with van der Waals surface area (Å²) < 4.78 is 39.4. The fourth-order valence-electron chi connectivity index (χ4n) is 2.66. The molecule has 2 N–H and O–H groups in total. The molecule has 0 aliphatic rings. The lowest BCUT2D eigenvalue weighted by atomic mass is 10.2. The molecule has 2 heterocycles. The number of nitrogens with one attached hydrogen (secondary N) is 2. The fraction of sp³-hybridized carbons (Fsp3) is 0.238. The Morgan fingerprint density at radius 1 is 0.968 bits per heavy atom. The highest BCUT2D eigenvalue weighted by atomic mass is 19.4. The van der Waals surface area contributed by atoms with Crippen LogP contribution in [0.5, 0.6) is 0 Å². The quantitative estimate of drug-likeness (QED) is 0.625. The van der Waals surface area contributed by atoms with Gasteiger partial charge in [0.2, 0.25) is 5.91 Å². The molecule has 1 aromatic carbocycles. The molecule has 0 aliphatic carbocycles. The molecule has 2 amide bonds. The maximum atomic E-state index is 12.7. The van der Waals surface area contributed by atoms with Gasteiger partial charge in [-0.15, -0.1) is 0 Å². The predicted octanol–water partition coefficient (Wildman–Crippen LogP) is 4.44. The number of hydrogen-bond acceptors (Lipinski definition) is 4. The van der Waals surface area contributed by atoms with Crippen molar-refractivity contribution in [2.75, 3.05) is 10.6 Å². The lowest BCUT2D eigenvalue weighted by molar-refractivity contribution is -0.137. The Balaban J connectivity index is 1.72. The number of halogens is 3. The lowest BCUT2D eigenvalue weighted by Crippen LogP contribution is -2.17. The largest absolute Gasteiger partial charge is 0.417 e. The third-order valence-corrected chi connectivity index (χ3v) is 4.48. The second-order valence-electron chi connectivity index (χ2n) is 7.13. The van der Waals surface area contributed by atoms with E-state index in [1.807, 2.05) is 0 Å². The fourth-order valence-corrected chi connectivity index (χ4v) is 2.66. The highest BCUT2D eigenvalue weighted by Gasteiger charge is 2.30. The van der Waals surface area contributed by atoms with Crippen LogP contribution >= 0.6 is 0 Å². The van der Waals surface area contributed by atoms with Crippen molar-refractivity contribution < 1.29 is 22.8 Å². The highest BCUT2D eigenvalue weighted by molar-refractivity contribution is 6.05. The van der Waals surface area contributed by atoms with E-state index in [4.69, 9.17) is 0 Å². The van der Waals surface area contributed by atoms with Gasteiger partial charge in [0.1, 0.15) is 0 Å². The number of carbonyl (C=O) groups is 2. The van der Waals surface area contributed by atoms with Crippen molar-refractivity contribution in [1.82, 2.24) is 14.8 Å². The molecule has 162 valence electrons. The monoisotopic (exact) mass is 431 g/mol. The Kier molecular flexibility index (Phi) is 6.09. The average Bonchev–Trinajstić information content (AvgIpc) is 3.10. The van der Waals surface area contributed by atoms with E-state index in [9.17, 15) is 22.8 Å². The van der Waals surface area contributed by atoms with E-state index in [-0.39, 0.29) is 23.2 Å². The summed E-state index contributed by atoms with van der Waals surface area (Å²) in [5, 5.41) is 9.55. The molecule has 0 saturated heterocycles. The number of amides is 2. The van der Waals surface area contributed by atoms with Gasteiger partial charge in [0.25, 0.3) is 5.91 Å². The molecule has 3 rings (SSSR count). The Morgan fingerprint density at radius 2 is 1.58 bits per heavy atom. The first kappa shape index (κ1) is 22.0. The second-order valence-corrected chi connectivity index (χ2v) is 7.13. The molecule has 0 saturated carbocycles. The summed E-state index contributed by atoms with van der Waals surface area (Å²) in [6, 6.07) is 8.71. The molecule has 2 aromatic heterocycles. The Labute approximate surface area is 176 Å². The minimum absolute atomic E-state index is 0.114. The van der Waals surface area contributed by atoms with Gasteiger partial charge in [0, 0.05) is 23.5 Å². The summed E-state index contributed by atoms with van der Waals surface area (Å²) in [4.78, 5) is 28.1. The summed E-state index contributed by atoms with van der Waals surface area (Å²) in [6.07, 6.45) is -2.44. The van der Waals surface area contributed by atoms with Gasteiger partial charge in [-0.05, 0) is 43.3 Å². The van der Waals surface area contributed by atoms with E-state index < -0.39 is 17.6 Å². The number of benzene rings is 1. The number of rotatable bonds is 5. The second kappa shape index (κ2) is 8.58. The first-order valence-corrected chi connectivity index (χ1v) is 9.37. The van der Waals surface area contributed by atoms with Gasteiger partial charge >= 0.3 is 6.18 Å². The average molecular weight is 431 g/mol. The van der Waals surface area contributed by atoms with E-state index in [1.165, 1.54) is 16.9 Å². The number of carbonyl (C=O) groups excluding carboxylic acids is 2. The normalized spacial score (nSPS) is 11.5. The van der Waals surface area contributed by atoms with Crippen molar-refractivity contribution in [3.05, 3.63) is 65.6 Å². The van der Waals surface area contributed by atoms with Crippen molar-refractivity contribution in [1.29, 1.82) is 0 Å². The van der Waals surface area contributed by atoms with Crippen molar-refractivity contribution >= 4 is 23.2 Å². The molecule has 0 bridgehead atoms. The molecule has 31 heavy (non-hydrogen) atoms. The van der Waals surface area contributed by atoms with Gasteiger partial charge in [-0.3, -0.25) is 9.59 Å². The summed E-state index contributed by atoms with van der Waals surface area (Å²) in [7, 11) is 0. The SMILES string of the molecule is Cc1c(C(=O)Nc2ccc(NC(=O)C(C)C)cc2)cnn1-c1ccc(C(F)(F)F)cn1. The maximum Gasteiger partial charge on any atom is 0.417 e. The zero-order valence-corrected chi connectivity index (χ0v) is 17.0. The molecule has 0 unspecified atom stereocenters. The number of aromatic nitrogens is 3. The number of hydrogen-bond donors (Lipinski definition) is 2. The smallest absolute Gasteiger partial charge is 0.326 e. The van der Waals surface area contributed by atoms with Crippen LogP contribution in [0, 0.1) is 12.8 Å². The van der Waals surface area contributed by atoms with E-state index in [1.54, 1.807) is 45.0 Å². The van der Waals surface area contributed by atoms with E-state index in [2.05, 4.69) is 20.7 Å². The summed E-state index contributed by atoms with van der Waals surface area (Å²) in [5.74, 6) is -0.542. The molecule has 0 radical (unpaired) electrons. The topological polar surface area (TPSA) is 88.9 Å². The van der Waals surface area contributed by atoms with E-state index in [0.29, 0.717) is 17.1 Å². The zero-order valence-electron chi connectivity index (χ0n) is 17.0. The number of nitrogens with zero attached hydrogens (tertiary/aromatic N) is 3. The van der Waals surface area contributed by atoms with Crippen LogP contribution in [0.1, 0.15) is 35.5 Å². The third kappa shape index (κ3) is 5.08. The molecule has 0 atom stereocenters. The Hall–Kier alpha value is -3.69. The van der Waals surface area contributed by atoms with Crippen LogP contribution in [0.4, 0.5) is 24.5 Å². The minimum Gasteiger partial charge on any atom is -0.326 e. The van der Waals surface area contributed by atoms with E-state index >= 15 is 0 Å². The van der Waals surface area contributed by atoms with Crippen molar-refractivity contribution in [3.63, 3.8) is 0 Å². The number of pyridine rings is 1. The van der Waals surface area contributed by atoms with Crippen LogP contribution in [0.2, 0.25) is 0 Å². The molecule has 0 aliphatic heterocycles. The highest BCUT2D eigenvalue weighted by Crippen LogP contribution is 2.29. The van der Waals surface area contributed by atoms with Gasteiger partial charge in [-0.2, -0.15) is 18.3 Å². The van der Waals surface area contributed by atoms with Gasteiger partial charge in [0.15, 0.2) is 5.82 Å². The molecule has 7 nitrogen and oxygen atoms in total. The third-order valence-electron chi connectivity index (χ3n) is 4.48. The van der Waals surface area contributed by atoms with Gasteiger partial charge in [0.05, 0.1) is 23.0 Å². The van der Waals surface area contributed by atoms with Gasteiger partial charge in [-0.1, -0.05) is 13.8 Å². The van der Waals surface area contributed by atoms with E-state index in [0.717, 1.165) is 12.3 Å². The lowest BCUT2D eigenvalue weighted by Gasteiger charge is -2.10. The summed E-state index contributed by atoms with van der Waals surface area (Å²) in [5.41, 5.74) is 0.915. The number of alkyl halides is 3. The summed E-state index contributed by atoms with van der Waals surface area (Å²) in [6.45, 7) is 5.19. The van der Waals surface area contributed by atoms with Gasteiger partial charge in [-0.25, -0.2) is 9.67 Å². The van der Waals surface area contributed by atoms with Crippen LogP contribution in [-0.2, 0) is 11.0 Å². The van der Waals surface area contributed by atoms with Crippen molar-refractivity contribution in [2.45, 2.75) is 26.9 Å². The molecular formula is C21H20F3N5O2. The molecule has 0 spiro atoms. The molecule has 3 aromatic rings. The Bertz CT molecular complexity index is 1090. The first-order chi connectivity index (χ1) is 14.6. The molecule has 0 fully saturated rings. The minimum atomic E-state index is -4.48. The van der Waals surface area contributed by atoms with Crippen LogP contribution < -0.4 is 10.6 Å². The summed E-state index contributed by atoms with van der Waals surface area (Å²) >= 11 is 0. The zero-order chi connectivity index (χ0) is 22.8. The Morgan fingerprint density at radius 3 is 2.10 bits per heavy atom. The molecular weight excluding hydrogens is 411 g/mol. The van der Waals surface area contributed by atoms with Gasteiger partial charge < -0.3 is 10.6 Å². The van der Waals surface area contributed by atoms with Crippen molar-refractivity contribution in [3.8, 4) is 5.82 Å². The number of anilines is 2. The predicted molar refractivity (Wildman–Crippen MR) is 109 cm³/mol. The van der Waals surface area contributed by atoms with Crippen LogP contribution in [0.25, 0.3) is 5.82 Å². The first-order valence-electron chi connectivity index (χ1n) is 9.37. The molecule has 10 heteroatoms.